The lowest BCUT2D eigenvalue weighted by atomic mass is 9.90. The van der Waals surface area contributed by atoms with Crippen LogP contribution in [0.25, 0.3) is 0 Å². The minimum atomic E-state index is -5.44. The van der Waals surface area contributed by atoms with E-state index in [0.29, 0.717) is 37.0 Å². The molecule has 6 rings (SSSR count). The third-order valence-corrected chi connectivity index (χ3v) is 20.9. The number of fused-ring (bicyclic) bond motifs is 1. The van der Waals surface area contributed by atoms with Gasteiger partial charge in [0, 0.05) is 82.8 Å². The van der Waals surface area contributed by atoms with E-state index < -0.39 is 204 Å². The Morgan fingerprint density at radius 3 is 1.69 bits per heavy atom. The van der Waals surface area contributed by atoms with Gasteiger partial charge in [-0.2, -0.15) is 13.2 Å². The molecule has 3 aromatic rings. The van der Waals surface area contributed by atoms with Crippen LogP contribution in [0.5, 0.6) is 0 Å². The molecule has 3 fully saturated rings. The zero-order chi connectivity index (χ0) is 77.2. The van der Waals surface area contributed by atoms with Gasteiger partial charge in [0.05, 0.1) is 13.0 Å². The van der Waals surface area contributed by atoms with E-state index in [1.54, 1.807) is 52.0 Å². The van der Waals surface area contributed by atoms with Gasteiger partial charge in [0.2, 0.25) is 70.9 Å². The molecule has 2 heterocycles. The van der Waals surface area contributed by atoms with Crippen LogP contribution in [0.2, 0.25) is 0 Å². The molecule has 1 spiro atoms. The lowest BCUT2D eigenvalue weighted by Gasteiger charge is -2.45. The van der Waals surface area contributed by atoms with E-state index >= 15 is 28.0 Å². The number of nitrogens with one attached hydrogen (secondary N) is 3. The Kier molecular flexibility index (Phi) is 28.1. The number of likely N-dealkylation sites (N-methyl/N-ethyl adjacent to an activating group) is 8. The molecule has 1 saturated carbocycles. The number of carbonyl (C=O) groups excluding carboxylic acids is 12. The van der Waals surface area contributed by atoms with Crippen molar-refractivity contribution < 1.29 is 83.9 Å². The maximum Gasteiger partial charge on any atom is 0.422 e. The van der Waals surface area contributed by atoms with Gasteiger partial charge in [-0.15, -0.1) is 0 Å². The fourth-order valence-corrected chi connectivity index (χ4v) is 13.4. The summed E-state index contributed by atoms with van der Waals surface area (Å²) in [6, 6.07) is -0.0486. The molecular formula is C73H100F6N12O12. The number of nitrogens with zero attached hydrogens (tertiary/aromatic N) is 9. The number of halogens is 6. The van der Waals surface area contributed by atoms with Gasteiger partial charge in [-0.3, -0.25) is 57.5 Å². The topological polar surface area (TPSA) is 270 Å². The van der Waals surface area contributed by atoms with E-state index in [-0.39, 0.29) is 49.8 Å². The Morgan fingerprint density at radius 2 is 1.17 bits per heavy atom. The summed E-state index contributed by atoms with van der Waals surface area (Å²) in [5.74, 6) is -15.6. The third-order valence-electron chi connectivity index (χ3n) is 20.9. The van der Waals surface area contributed by atoms with Crippen molar-refractivity contribution in [2.75, 3.05) is 76.5 Å². The molecule has 0 bridgehead atoms. The zero-order valence-electron chi connectivity index (χ0n) is 61.7. The Balaban J connectivity index is 1.49. The fraction of sp³-hybridized carbons (Fsp3) is 0.589. The predicted molar refractivity (Wildman–Crippen MR) is 369 cm³/mol. The van der Waals surface area contributed by atoms with Crippen LogP contribution in [-0.4, -0.2) is 251 Å². The molecular weight excluding hydrogens is 1350 g/mol. The first-order valence-corrected chi connectivity index (χ1v) is 34.8. The molecule has 3 N–H and O–H groups in total. The lowest BCUT2D eigenvalue weighted by Crippen LogP contribution is -2.65. The molecule has 2 aliphatic heterocycles. The highest BCUT2D eigenvalue weighted by atomic mass is 19.4. The van der Waals surface area contributed by atoms with Crippen LogP contribution in [0.1, 0.15) is 127 Å². The molecule has 0 radical (unpaired) electrons. The Labute approximate surface area is 598 Å². The molecule has 0 aromatic heterocycles. The standard InChI is InChI=1S/C73H100F6N12O12/c1-17-42(4)60-69(101)86(12)45(7)64(96)91-34-31-53(91)68(100)88(14)55(38-46-23-21-41(3)22-24-46)67(99)84(10)40-57(92)80-52(30-27-48-35-50(75)59(51(76)36-48)73(77,78)79)65(97)87(13)54(37-47-25-28-49(74)29-26-47)63(95)82-72(32-19-20-33-72)71(103)90(16)61(43(5)18-2)70(102)89(15)56(66(98)83(8)9)39-58(93)85(11)44(6)62(94)81-60/h21-26,28-29,35-36,42-45,52-56,60-61H,17-20,27,30-34,37-40H2,1-16H3,(H,80,92)(H,81,94)(H,82,95)/t42-,43-,44-,45+,52-,53-,54-,55-,56-,60-,61-/m0/s1. The van der Waals surface area contributed by atoms with Gasteiger partial charge in [0.15, 0.2) is 0 Å². The summed E-state index contributed by atoms with van der Waals surface area (Å²) in [5, 5.41) is 8.23. The molecule has 2 saturated heterocycles. The van der Waals surface area contributed by atoms with Crippen molar-refractivity contribution in [2.24, 2.45) is 11.8 Å². The molecule has 24 nitrogen and oxygen atoms in total. The highest BCUT2D eigenvalue weighted by Gasteiger charge is 2.51. The smallest absolute Gasteiger partial charge is 0.347 e. The number of amides is 12. The van der Waals surface area contributed by atoms with Crippen LogP contribution >= 0.6 is 0 Å². The van der Waals surface area contributed by atoms with Gasteiger partial charge in [0.25, 0.3) is 0 Å². The second kappa shape index (κ2) is 34.9. The number of carbonyl (C=O) groups is 12. The van der Waals surface area contributed by atoms with Gasteiger partial charge in [-0.05, 0) is 106 Å². The van der Waals surface area contributed by atoms with Crippen LogP contribution in [-0.2, 0) is 83.0 Å². The number of benzene rings is 3. The van der Waals surface area contributed by atoms with Gasteiger partial charge < -0.3 is 60.0 Å². The Morgan fingerprint density at radius 1 is 0.621 bits per heavy atom. The average molecular weight is 1450 g/mol. The van der Waals surface area contributed by atoms with Crippen LogP contribution in [0.4, 0.5) is 26.3 Å². The second-order valence-corrected chi connectivity index (χ2v) is 28.2. The molecule has 3 aliphatic rings. The van der Waals surface area contributed by atoms with Gasteiger partial charge in [-0.1, -0.05) is 95.3 Å². The molecule has 0 unspecified atom stereocenters. The van der Waals surface area contributed by atoms with Crippen LogP contribution < -0.4 is 16.0 Å². The summed E-state index contributed by atoms with van der Waals surface area (Å²) in [7, 11) is 11.9. The van der Waals surface area contributed by atoms with E-state index in [1.807, 2.05) is 6.92 Å². The fourth-order valence-electron chi connectivity index (χ4n) is 13.4. The normalized spacial score (nSPS) is 25.0. The highest BCUT2D eigenvalue weighted by Crippen LogP contribution is 2.36. The summed E-state index contributed by atoms with van der Waals surface area (Å²) in [6.45, 7) is 10.8. The molecule has 566 valence electrons. The summed E-state index contributed by atoms with van der Waals surface area (Å²) in [4.78, 5) is 188. The molecule has 3 aromatic carbocycles. The maximum absolute atomic E-state index is 15.6. The Bertz CT molecular complexity index is 3610. The van der Waals surface area contributed by atoms with Crippen molar-refractivity contribution in [3.63, 3.8) is 0 Å². The Hall–Kier alpha value is -9.12. The van der Waals surface area contributed by atoms with Crippen LogP contribution in [0, 0.1) is 36.2 Å². The first-order chi connectivity index (χ1) is 48.1. The average Bonchev–Trinajstić information content (AvgIpc) is 1.71. The van der Waals surface area contributed by atoms with E-state index in [1.165, 1.54) is 99.2 Å². The minimum Gasteiger partial charge on any atom is -0.347 e. The molecule has 11 atom stereocenters. The SMILES string of the molecule is CC[C@H](C)[C@@H]1NC(=O)[C@H](C)N(C)C(=O)C[C@@H](C(=O)N(C)C)N(C)C(=O)[C@H]([C@@H](C)CC)N(C)C(=O)C2(CCCC2)NC(=O)[C@H](Cc2ccc(F)cc2)N(C)C(=O)[C@H](CCc2cc(F)c(C(F)(F)F)c(F)c2)NC(=O)CN(C)C(=O)[C@H](Cc2ccc(C)cc2)N(C)C(=O)[C@@H]2CCN2C(=O)[C@@H](C)N(C)C1=O. The van der Waals surface area contributed by atoms with E-state index in [0.717, 1.165) is 52.0 Å². The van der Waals surface area contributed by atoms with Crippen LogP contribution in [0.3, 0.4) is 0 Å². The number of aryl methyl sites for hydroxylation is 2. The first-order valence-electron chi connectivity index (χ1n) is 34.8. The lowest BCUT2D eigenvalue weighted by molar-refractivity contribution is -0.160. The third kappa shape index (κ3) is 19.4. The molecule has 30 heteroatoms. The summed E-state index contributed by atoms with van der Waals surface area (Å²) in [6.07, 6.45) is -6.35. The predicted octanol–water partition coefficient (Wildman–Crippen LogP) is 4.89. The number of rotatable bonds is 12. The monoisotopic (exact) mass is 1450 g/mol. The zero-order valence-corrected chi connectivity index (χ0v) is 61.7. The van der Waals surface area contributed by atoms with E-state index in [2.05, 4.69) is 16.0 Å². The van der Waals surface area contributed by atoms with E-state index in [9.17, 15) is 55.9 Å². The number of hydrogen-bond donors (Lipinski definition) is 3. The van der Waals surface area contributed by atoms with Crippen molar-refractivity contribution >= 4 is 70.9 Å². The quantitative estimate of drug-likeness (QED) is 0.205. The second-order valence-electron chi connectivity index (χ2n) is 28.2. The molecule has 103 heavy (non-hydrogen) atoms. The molecule has 1 aliphatic carbocycles. The minimum absolute atomic E-state index is 0.00375. The number of hydrogen-bond acceptors (Lipinski definition) is 12. The first kappa shape index (κ1) is 82.8. The van der Waals surface area contributed by atoms with Crippen molar-refractivity contribution in [2.45, 2.75) is 192 Å². The van der Waals surface area contributed by atoms with Gasteiger partial charge in [-0.25, -0.2) is 13.2 Å². The highest BCUT2D eigenvalue weighted by molar-refractivity contribution is 6.01. The summed E-state index contributed by atoms with van der Waals surface area (Å²) in [5.41, 5.74) is -2.65. The van der Waals surface area contributed by atoms with E-state index in [4.69, 9.17) is 0 Å². The van der Waals surface area contributed by atoms with Crippen molar-refractivity contribution in [1.82, 2.24) is 60.0 Å². The summed E-state index contributed by atoms with van der Waals surface area (Å²) < 4.78 is 86.4. The van der Waals surface area contributed by atoms with Crippen molar-refractivity contribution in [3.05, 3.63) is 106 Å². The van der Waals surface area contributed by atoms with Gasteiger partial charge >= 0.3 is 6.18 Å². The van der Waals surface area contributed by atoms with Gasteiger partial charge in [0.1, 0.15) is 82.9 Å². The largest absolute Gasteiger partial charge is 0.422 e. The number of alkyl halides is 3. The van der Waals surface area contributed by atoms with Crippen molar-refractivity contribution in [3.8, 4) is 0 Å². The van der Waals surface area contributed by atoms with Crippen molar-refractivity contribution in [1.29, 1.82) is 0 Å². The maximum atomic E-state index is 15.6. The molecule has 12 amide bonds. The summed E-state index contributed by atoms with van der Waals surface area (Å²) >= 11 is 0. The van der Waals surface area contributed by atoms with Crippen LogP contribution in [0.15, 0.2) is 60.7 Å².